The molecule has 0 saturated carbocycles. The van der Waals surface area contributed by atoms with Gasteiger partial charge in [0.15, 0.2) is 0 Å². The van der Waals surface area contributed by atoms with Crippen LogP contribution in [0.3, 0.4) is 0 Å². The summed E-state index contributed by atoms with van der Waals surface area (Å²) in [5, 5.41) is 9.81. The summed E-state index contributed by atoms with van der Waals surface area (Å²) >= 11 is 11.1. The van der Waals surface area contributed by atoms with Gasteiger partial charge in [-0.2, -0.15) is 5.26 Å². The van der Waals surface area contributed by atoms with Crippen molar-refractivity contribution in [1.82, 2.24) is 0 Å². The Hall–Kier alpha value is -1.02. The van der Waals surface area contributed by atoms with Crippen molar-refractivity contribution in [2.24, 2.45) is 0 Å². The van der Waals surface area contributed by atoms with Gasteiger partial charge < -0.3 is 5.73 Å². The Morgan fingerprint density at radius 2 is 2.21 bits per heavy atom. The lowest BCUT2D eigenvalue weighted by atomic mass is 10.0. The molecule has 0 bridgehead atoms. The summed E-state index contributed by atoms with van der Waals surface area (Å²) in [7, 11) is 0. The summed E-state index contributed by atoms with van der Waals surface area (Å²) in [5.74, 6) is 0. The second kappa shape index (κ2) is 5.96. The van der Waals surface area contributed by atoms with Gasteiger partial charge in [0.05, 0.1) is 5.69 Å². The quantitative estimate of drug-likeness (QED) is 0.818. The lowest BCUT2D eigenvalue weighted by Crippen LogP contribution is -1.93. The summed E-state index contributed by atoms with van der Waals surface area (Å²) in [5.41, 5.74) is 8.62. The van der Waals surface area contributed by atoms with Crippen molar-refractivity contribution >= 4 is 44.6 Å². The monoisotopic (exact) mass is 354 g/mol. The molecule has 0 atom stereocenters. The van der Waals surface area contributed by atoms with Crippen molar-refractivity contribution in [3.8, 4) is 16.5 Å². The molecule has 0 amide bonds. The third-order valence-corrected chi connectivity index (χ3v) is 4.83. The minimum absolute atomic E-state index is 0.564. The van der Waals surface area contributed by atoms with E-state index in [1.165, 1.54) is 11.3 Å². The van der Waals surface area contributed by atoms with Crippen LogP contribution in [-0.4, -0.2) is 0 Å². The Bertz CT molecular complexity index is 658. The zero-order valence-corrected chi connectivity index (χ0v) is 13.5. The number of rotatable bonds is 3. The van der Waals surface area contributed by atoms with Crippen molar-refractivity contribution in [2.75, 3.05) is 5.73 Å². The summed E-state index contributed by atoms with van der Waals surface area (Å²) in [6, 6.07) is 7.87. The predicted octanol–water partition coefficient (Wildman–Crippen LogP) is 5.24. The van der Waals surface area contributed by atoms with E-state index in [2.05, 4.69) is 28.9 Å². The van der Waals surface area contributed by atoms with E-state index in [0.717, 1.165) is 33.3 Å². The second-order valence-corrected chi connectivity index (χ2v) is 6.48. The summed E-state index contributed by atoms with van der Waals surface area (Å²) in [4.78, 5) is 1.57. The number of benzene rings is 1. The van der Waals surface area contributed by atoms with Crippen molar-refractivity contribution < 1.29 is 0 Å². The van der Waals surface area contributed by atoms with Gasteiger partial charge in [-0.1, -0.05) is 40.9 Å². The molecule has 1 aromatic heterocycles. The zero-order chi connectivity index (χ0) is 14.0. The molecule has 5 heteroatoms. The average Bonchev–Trinajstić information content (AvgIpc) is 2.70. The predicted molar refractivity (Wildman–Crippen MR) is 85.6 cm³/mol. The van der Waals surface area contributed by atoms with Crippen molar-refractivity contribution in [3.63, 3.8) is 0 Å². The molecule has 0 aliphatic heterocycles. The highest BCUT2D eigenvalue weighted by Crippen LogP contribution is 2.42. The van der Waals surface area contributed by atoms with E-state index in [1.807, 2.05) is 18.2 Å². The van der Waals surface area contributed by atoms with Crippen LogP contribution in [0.4, 0.5) is 5.69 Å². The van der Waals surface area contributed by atoms with E-state index in [4.69, 9.17) is 22.6 Å². The molecule has 1 heterocycles. The number of nitrogens with zero attached hydrogens (tertiary/aromatic N) is 1. The molecule has 2 aromatic rings. The van der Waals surface area contributed by atoms with Crippen LogP contribution in [0, 0.1) is 11.3 Å². The zero-order valence-electron chi connectivity index (χ0n) is 10.3. The highest BCUT2D eigenvalue weighted by Gasteiger charge is 2.18. The van der Waals surface area contributed by atoms with Crippen LogP contribution in [-0.2, 0) is 6.42 Å². The molecular formula is C14H12BrClN2S. The molecule has 2 rings (SSSR count). The Kier molecular flexibility index (Phi) is 4.51. The van der Waals surface area contributed by atoms with E-state index in [1.54, 1.807) is 0 Å². The number of hydrogen-bond acceptors (Lipinski definition) is 3. The van der Waals surface area contributed by atoms with Gasteiger partial charge in [0.2, 0.25) is 0 Å². The second-order valence-electron chi connectivity index (χ2n) is 4.14. The van der Waals surface area contributed by atoms with Gasteiger partial charge in [-0.15, -0.1) is 11.3 Å². The number of nitriles is 1. The molecule has 2 N–H and O–H groups in total. The first kappa shape index (κ1) is 14.4. The SMILES string of the molecule is CCCc1c(-c2cc(Br)ccc2Cl)sc(C#N)c1N. The fourth-order valence-corrected chi connectivity index (χ4v) is 3.67. The molecule has 1 aromatic carbocycles. The molecular weight excluding hydrogens is 344 g/mol. The first-order valence-corrected chi connectivity index (χ1v) is 7.83. The largest absolute Gasteiger partial charge is 0.397 e. The molecule has 0 aliphatic carbocycles. The third kappa shape index (κ3) is 2.79. The van der Waals surface area contributed by atoms with E-state index in [-0.39, 0.29) is 0 Å². The van der Waals surface area contributed by atoms with Crippen LogP contribution in [0.1, 0.15) is 23.8 Å². The lowest BCUT2D eigenvalue weighted by molar-refractivity contribution is 0.930. The van der Waals surface area contributed by atoms with Gasteiger partial charge in [0.1, 0.15) is 10.9 Å². The number of thiophene rings is 1. The van der Waals surface area contributed by atoms with Crippen LogP contribution in [0.15, 0.2) is 22.7 Å². The van der Waals surface area contributed by atoms with Gasteiger partial charge in [-0.25, -0.2) is 0 Å². The molecule has 0 radical (unpaired) electrons. The Balaban J connectivity index is 2.67. The van der Waals surface area contributed by atoms with E-state index >= 15 is 0 Å². The van der Waals surface area contributed by atoms with E-state index in [0.29, 0.717) is 15.6 Å². The smallest absolute Gasteiger partial charge is 0.128 e. The van der Waals surface area contributed by atoms with Crippen LogP contribution in [0.25, 0.3) is 10.4 Å². The molecule has 2 nitrogen and oxygen atoms in total. The Labute approximate surface area is 129 Å². The standard InChI is InChI=1S/C14H12BrClN2S/c1-2-3-9-13(18)12(7-17)19-14(9)10-6-8(15)4-5-11(10)16/h4-6H,2-3,18H2,1H3. The lowest BCUT2D eigenvalue weighted by Gasteiger charge is -2.06. The molecule has 0 aliphatic rings. The maximum Gasteiger partial charge on any atom is 0.128 e. The minimum atomic E-state index is 0.564. The third-order valence-electron chi connectivity index (χ3n) is 2.82. The summed E-state index contributed by atoms with van der Waals surface area (Å²) in [6.45, 7) is 2.09. The number of halogens is 2. The number of nitrogen functional groups attached to an aromatic ring is 1. The van der Waals surface area contributed by atoms with Crippen molar-refractivity contribution in [3.05, 3.63) is 38.1 Å². The molecule has 0 saturated heterocycles. The normalized spacial score (nSPS) is 10.4. The summed E-state index contributed by atoms with van der Waals surface area (Å²) < 4.78 is 0.958. The Morgan fingerprint density at radius 3 is 2.84 bits per heavy atom. The van der Waals surface area contributed by atoms with Gasteiger partial charge in [-0.05, 0) is 30.2 Å². The van der Waals surface area contributed by atoms with Crippen LogP contribution < -0.4 is 5.73 Å². The number of hydrogen-bond donors (Lipinski definition) is 1. The maximum absolute atomic E-state index is 9.13. The van der Waals surface area contributed by atoms with Gasteiger partial charge in [0, 0.05) is 19.9 Å². The molecule has 0 unspecified atom stereocenters. The molecule has 19 heavy (non-hydrogen) atoms. The van der Waals surface area contributed by atoms with Crippen LogP contribution >= 0.6 is 38.9 Å². The first-order chi connectivity index (χ1) is 9.08. The van der Waals surface area contributed by atoms with Crippen molar-refractivity contribution in [2.45, 2.75) is 19.8 Å². The van der Waals surface area contributed by atoms with Gasteiger partial charge >= 0.3 is 0 Å². The Morgan fingerprint density at radius 1 is 1.47 bits per heavy atom. The molecule has 98 valence electrons. The number of anilines is 1. The highest BCUT2D eigenvalue weighted by molar-refractivity contribution is 9.10. The fraction of sp³-hybridized carbons (Fsp3) is 0.214. The van der Waals surface area contributed by atoms with Crippen LogP contribution in [0.5, 0.6) is 0 Å². The fourth-order valence-electron chi connectivity index (χ4n) is 1.95. The highest BCUT2D eigenvalue weighted by atomic mass is 79.9. The van der Waals surface area contributed by atoms with Gasteiger partial charge in [0.25, 0.3) is 0 Å². The summed E-state index contributed by atoms with van der Waals surface area (Å²) in [6.07, 6.45) is 1.83. The average molecular weight is 356 g/mol. The van der Waals surface area contributed by atoms with Gasteiger partial charge in [-0.3, -0.25) is 0 Å². The van der Waals surface area contributed by atoms with Crippen LogP contribution in [0.2, 0.25) is 5.02 Å². The molecule has 0 fully saturated rings. The topological polar surface area (TPSA) is 49.8 Å². The molecule has 0 spiro atoms. The van der Waals surface area contributed by atoms with Crippen molar-refractivity contribution in [1.29, 1.82) is 5.26 Å². The van der Waals surface area contributed by atoms with E-state index < -0.39 is 0 Å². The maximum atomic E-state index is 9.13. The number of nitrogens with two attached hydrogens (primary N) is 1. The van der Waals surface area contributed by atoms with E-state index in [9.17, 15) is 0 Å². The minimum Gasteiger partial charge on any atom is -0.397 e. The first-order valence-electron chi connectivity index (χ1n) is 5.85.